The number of fused-ring (bicyclic) bond motifs is 1. The number of phenols is 3. The minimum absolute atomic E-state index is 0.00662. The van der Waals surface area contributed by atoms with Crippen LogP contribution in [0.1, 0.15) is 6.92 Å². The highest BCUT2D eigenvalue weighted by molar-refractivity contribution is 5.88. The Kier molecular flexibility index (Phi) is 8.41. The van der Waals surface area contributed by atoms with E-state index in [1.54, 1.807) is 0 Å². The van der Waals surface area contributed by atoms with Crippen LogP contribution in [0.5, 0.6) is 28.7 Å². The summed E-state index contributed by atoms with van der Waals surface area (Å²) in [7, 11) is 0. The fraction of sp³-hybridized carbons (Fsp3) is 0.444. The lowest BCUT2D eigenvalue weighted by molar-refractivity contribution is -0.355. The highest BCUT2D eigenvalue weighted by atomic mass is 16.8. The van der Waals surface area contributed by atoms with E-state index in [1.807, 2.05) is 0 Å². The van der Waals surface area contributed by atoms with Crippen molar-refractivity contribution in [1.29, 1.82) is 0 Å². The van der Waals surface area contributed by atoms with E-state index in [4.69, 9.17) is 23.4 Å². The Morgan fingerprint density at radius 2 is 1.51 bits per heavy atom. The van der Waals surface area contributed by atoms with Gasteiger partial charge < -0.3 is 74.4 Å². The van der Waals surface area contributed by atoms with E-state index < -0.39 is 108 Å². The van der Waals surface area contributed by atoms with Crippen molar-refractivity contribution < 1.29 is 74.4 Å². The van der Waals surface area contributed by atoms with Crippen molar-refractivity contribution in [2.24, 2.45) is 0 Å². The second kappa shape index (κ2) is 11.8. The first-order valence-corrected chi connectivity index (χ1v) is 13.0. The highest BCUT2D eigenvalue weighted by Gasteiger charge is 2.50. The van der Waals surface area contributed by atoms with E-state index in [1.165, 1.54) is 13.0 Å². The van der Waals surface area contributed by atoms with Crippen LogP contribution in [0.2, 0.25) is 0 Å². The van der Waals surface area contributed by atoms with Gasteiger partial charge in [-0.2, -0.15) is 0 Å². The quantitative estimate of drug-likeness (QED) is 0.140. The van der Waals surface area contributed by atoms with Crippen LogP contribution < -0.4 is 10.2 Å². The van der Waals surface area contributed by atoms with Gasteiger partial charge in [-0.1, -0.05) is 0 Å². The molecule has 0 aliphatic carbocycles. The van der Waals surface area contributed by atoms with Crippen molar-refractivity contribution >= 4 is 11.0 Å². The molecular weight excluding hydrogens is 580 g/mol. The average molecular weight is 611 g/mol. The van der Waals surface area contributed by atoms with E-state index in [0.717, 1.165) is 24.3 Å². The van der Waals surface area contributed by atoms with Crippen molar-refractivity contribution in [3.05, 3.63) is 40.6 Å². The minimum Gasteiger partial charge on any atom is -0.507 e. The molecule has 0 bridgehead atoms. The molecule has 2 saturated heterocycles. The molecular formula is C27H30O16. The number of rotatable bonds is 6. The third-order valence-corrected chi connectivity index (χ3v) is 7.34. The van der Waals surface area contributed by atoms with E-state index in [9.17, 15) is 55.9 Å². The number of aliphatic hydroxyl groups is 6. The molecule has 3 aromatic rings. The van der Waals surface area contributed by atoms with Crippen molar-refractivity contribution in [2.75, 3.05) is 6.61 Å². The second-order valence-corrected chi connectivity index (χ2v) is 10.2. The molecule has 43 heavy (non-hydrogen) atoms. The fourth-order valence-corrected chi connectivity index (χ4v) is 4.90. The maximum absolute atomic E-state index is 12.9. The summed E-state index contributed by atoms with van der Waals surface area (Å²) in [5.41, 5.74) is -1.32. The lowest BCUT2D eigenvalue weighted by Crippen LogP contribution is -2.64. The fourth-order valence-electron chi connectivity index (χ4n) is 4.90. The molecule has 2 aliphatic rings. The van der Waals surface area contributed by atoms with Gasteiger partial charge in [-0.05, 0) is 25.1 Å². The van der Waals surface area contributed by atoms with Crippen LogP contribution in [-0.2, 0) is 14.2 Å². The molecule has 2 aromatic carbocycles. The molecule has 16 heteroatoms. The lowest BCUT2D eigenvalue weighted by Gasteiger charge is -2.45. The largest absolute Gasteiger partial charge is 0.507 e. The lowest BCUT2D eigenvalue weighted by atomic mass is 9.97. The van der Waals surface area contributed by atoms with Crippen molar-refractivity contribution in [1.82, 2.24) is 0 Å². The van der Waals surface area contributed by atoms with Crippen LogP contribution in [0.3, 0.4) is 0 Å². The molecule has 234 valence electrons. The predicted molar refractivity (Wildman–Crippen MR) is 140 cm³/mol. The molecule has 3 heterocycles. The SMILES string of the molecule is CC1OC(Oc2cc(O)c3c(=O)c(O)c(-c4ccc(O)c(O)c4)oc3c2)C(OC2OC(CO)C(O)C(O)C2O)C(O)C1O. The summed E-state index contributed by atoms with van der Waals surface area (Å²) in [6.07, 6.45) is -15.9. The Labute approximate surface area is 241 Å². The molecule has 5 rings (SSSR count). The molecule has 10 atom stereocenters. The summed E-state index contributed by atoms with van der Waals surface area (Å²) in [6.45, 7) is 0.657. The van der Waals surface area contributed by atoms with Crippen LogP contribution in [0.4, 0.5) is 0 Å². The first-order chi connectivity index (χ1) is 20.3. The van der Waals surface area contributed by atoms with Gasteiger partial charge in [-0.3, -0.25) is 4.79 Å². The number of aliphatic hydroxyl groups excluding tert-OH is 6. The normalized spacial score (nSPS) is 33.0. The molecule has 16 nitrogen and oxygen atoms in total. The molecule has 1 aromatic heterocycles. The number of benzene rings is 2. The summed E-state index contributed by atoms with van der Waals surface area (Å²) in [5.74, 6) is -3.23. The maximum Gasteiger partial charge on any atom is 0.238 e. The zero-order valence-electron chi connectivity index (χ0n) is 22.3. The van der Waals surface area contributed by atoms with Crippen LogP contribution in [0, 0.1) is 0 Å². The number of aromatic hydroxyl groups is 4. The Bertz CT molecular complexity index is 1540. The van der Waals surface area contributed by atoms with Gasteiger partial charge in [0.05, 0.1) is 12.7 Å². The highest BCUT2D eigenvalue weighted by Crippen LogP contribution is 2.39. The number of phenolic OH excluding ortho intramolecular Hbond substituents is 3. The number of hydrogen-bond acceptors (Lipinski definition) is 16. The third-order valence-electron chi connectivity index (χ3n) is 7.34. The van der Waals surface area contributed by atoms with Gasteiger partial charge in [0, 0.05) is 17.7 Å². The smallest absolute Gasteiger partial charge is 0.238 e. The molecule has 0 spiro atoms. The molecule has 0 saturated carbocycles. The number of ether oxygens (including phenoxy) is 4. The zero-order chi connectivity index (χ0) is 31.3. The number of hydrogen-bond donors (Lipinski definition) is 10. The first kappa shape index (κ1) is 30.7. The van der Waals surface area contributed by atoms with E-state index in [2.05, 4.69) is 0 Å². The van der Waals surface area contributed by atoms with E-state index >= 15 is 0 Å². The van der Waals surface area contributed by atoms with Crippen LogP contribution in [0.25, 0.3) is 22.3 Å². The summed E-state index contributed by atoms with van der Waals surface area (Å²) in [4.78, 5) is 12.9. The van der Waals surface area contributed by atoms with Gasteiger partial charge in [0.15, 0.2) is 29.7 Å². The topological polar surface area (TPSA) is 269 Å². The van der Waals surface area contributed by atoms with Crippen molar-refractivity contribution in [2.45, 2.75) is 68.3 Å². The molecule has 10 N–H and O–H groups in total. The molecule has 10 unspecified atom stereocenters. The Hall–Kier alpha value is -3.71. The van der Waals surface area contributed by atoms with Gasteiger partial charge in [-0.25, -0.2) is 0 Å². The van der Waals surface area contributed by atoms with Gasteiger partial charge in [0.25, 0.3) is 0 Å². The van der Waals surface area contributed by atoms with Gasteiger partial charge in [0.2, 0.25) is 17.5 Å². The molecule has 0 amide bonds. The minimum atomic E-state index is -1.86. The van der Waals surface area contributed by atoms with Crippen LogP contribution >= 0.6 is 0 Å². The summed E-state index contributed by atoms with van der Waals surface area (Å²) >= 11 is 0. The predicted octanol–water partition coefficient (Wildman–Crippen LogP) is -1.69. The Morgan fingerprint density at radius 3 is 2.19 bits per heavy atom. The summed E-state index contributed by atoms with van der Waals surface area (Å²) in [6, 6.07) is 5.49. The Balaban J connectivity index is 1.49. The van der Waals surface area contributed by atoms with Gasteiger partial charge >= 0.3 is 0 Å². The average Bonchev–Trinajstić information content (AvgIpc) is 2.97. The van der Waals surface area contributed by atoms with Crippen molar-refractivity contribution in [3.63, 3.8) is 0 Å². The van der Waals surface area contributed by atoms with Crippen molar-refractivity contribution in [3.8, 4) is 40.1 Å². The summed E-state index contributed by atoms with van der Waals surface area (Å²) in [5, 5.41) is 101. The molecule has 0 radical (unpaired) electrons. The monoisotopic (exact) mass is 610 g/mol. The molecule has 2 fully saturated rings. The van der Waals surface area contributed by atoms with E-state index in [-0.39, 0.29) is 16.9 Å². The van der Waals surface area contributed by atoms with E-state index in [0.29, 0.717) is 0 Å². The zero-order valence-corrected chi connectivity index (χ0v) is 22.3. The van der Waals surface area contributed by atoms with Crippen LogP contribution in [0.15, 0.2) is 39.5 Å². The second-order valence-electron chi connectivity index (χ2n) is 10.2. The van der Waals surface area contributed by atoms with Crippen LogP contribution in [-0.4, -0.2) is 119 Å². The van der Waals surface area contributed by atoms with Gasteiger partial charge in [0.1, 0.15) is 59.1 Å². The standard InChI is InChI=1S/C27H30O16/c1-8-17(32)21(36)25(43-26-23(38)20(35)18(33)15(7-28)42-26)27(39-8)40-10-5-13(31)16-14(6-10)41-24(22(37)19(16)34)9-2-3-11(29)12(30)4-9/h2-6,8,15,17-18,20-21,23,25-33,35-38H,7H2,1H3. The summed E-state index contributed by atoms with van der Waals surface area (Å²) < 4.78 is 28.1. The maximum atomic E-state index is 12.9. The first-order valence-electron chi connectivity index (χ1n) is 13.0. The Morgan fingerprint density at radius 1 is 0.791 bits per heavy atom. The third kappa shape index (κ3) is 5.55. The molecule has 2 aliphatic heterocycles. The van der Waals surface area contributed by atoms with Gasteiger partial charge in [-0.15, -0.1) is 0 Å².